The van der Waals surface area contributed by atoms with Crippen LogP contribution in [-0.2, 0) is 0 Å². The van der Waals surface area contributed by atoms with Gasteiger partial charge in [-0.3, -0.25) is 4.90 Å². The Morgan fingerprint density at radius 1 is 1.24 bits per heavy atom. The van der Waals surface area contributed by atoms with Crippen LogP contribution in [0.15, 0.2) is 30.5 Å². The second kappa shape index (κ2) is 4.15. The molecule has 2 rings (SSSR count). The first-order valence-electron chi connectivity index (χ1n) is 5.77. The summed E-state index contributed by atoms with van der Waals surface area (Å²) in [6, 6.07) is 6.39. The van der Waals surface area contributed by atoms with Gasteiger partial charge in [0.15, 0.2) is 5.11 Å². The van der Waals surface area contributed by atoms with Crippen LogP contribution in [0.2, 0.25) is 0 Å². The van der Waals surface area contributed by atoms with Gasteiger partial charge in [0.2, 0.25) is 0 Å². The van der Waals surface area contributed by atoms with Crippen molar-refractivity contribution in [2.45, 2.75) is 33.2 Å². The van der Waals surface area contributed by atoms with Crippen molar-refractivity contribution < 1.29 is 0 Å². The summed E-state index contributed by atoms with van der Waals surface area (Å²) in [5.74, 6) is 0. The topological polar surface area (TPSA) is 15.3 Å². The molecule has 1 aromatic rings. The molecule has 1 aliphatic rings. The Balaban J connectivity index is 2.38. The van der Waals surface area contributed by atoms with Crippen molar-refractivity contribution in [3.63, 3.8) is 0 Å². The summed E-state index contributed by atoms with van der Waals surface area (Å²) in [7, 11) is 0. The van der Waals surface area contributed by atoms with E-state index in [-0.39, 0.29) is 5.54 Å². The highest BCUT2D eigenvalue weighted by atomic mass is 32.1. The first-order chi connectivity index (χ1) is 7.89. The van der Waals surface area contributed by atoms with E-state index in [1.54, 1.807) is 0 Å². The molecule has 0 aliphatic carbocycles. The summed E-state index contributed by atoms with van der Waals surface area (Å²) in [4.78, 5) is 2.02. The van der Waals surface area contributed by atoms with Crippen molar-refractivity contribution in [2.24, 2.45) is 0 Å². The number of anilines is 1. The number of aryl methyl sites for hydroxylation is 2. The van der Waals surface area contributed by atoms with E-state index in [1.807, 2.05) is 4.90 Å². The summed E-state index contributed by atoms with van der Waals surface area (Å²) < 4.78 is 0. The molecule has 0 amide bonds. The molecule has 0 saturated carbocycles. The first kappa shape index (κ1) is 12.1. The zero-order chi connectivity index (χ0) is 12.6. The largest absolute Gasteiger partial charge is 0.354 e. The van der Waals surface area contributed by atoms with Gasteiger partial charge in [-0.25, -0.2) is 0 Å². The molecule has 0 fully saturated rings. The number of nitrogens with one attached hydrogen (secondary N) is 1. The van der Waals surface area contributed by atoms with Crippen molar-refractivity contribution in [3.05, 3.63) is 41.6 Å². The highest BCUT2D eigenvalue weighted by molar-refractivity contribution is 7.80. The maximum absolute atomic E-state index is 5.41. The minimum absolute atomic E-state index is 0.0633. The highest BCUT2D eigenvalue weighted by Crippen LogP contribution is 2.25. The summed E-state index contributed by atoms with van der Waals surface area (Å²) in [6.45, 7) is 8.42. The van der Waals surface area contributed by atoms with Crippen LogP contribution >= 0.6 is 12.2 Å². The number of benzene rings is 1. The lowest BCUT2D eigenvalue weighted by Crippen LogP contribution is -2.51. The van der Waals surface area contributed by atoms with Crippen LogP contribution in [0.3, 0.4) is 0 Å². The van der Waals surface area contributed by atoms with E-state index in [1.165, 1.54) is 11.1 Å². The Hall–Kier alpha value is -1.35. The van der Waals surface area contributed by atoms with Crippen LogP contribution in [0.25, 0.3) is 0 Å². The van der Waals surface area contributed by atoms with E-state index >= 15 is 0 Å². The van der Waals surface area contributed by atoms with Crippen molar-refractivity contribution >= 4 is 23.0 Å². The smallest absolute Gasteiger partial charge is 0.178 e. The zero-order valence-corrected chi connectivity index (χ0v) is 11.6. The lowest BCUT2D eigenvalue weighted by atomic mass is 10.0. The molecule has 17 heavy (non-hydrogen) atoms. The third-order valence-electron chi connectivity index (χ3n) is 2.90. The Morgan fingerprint density at radius 2 is 1.94 bits per heavy atom. The Kier molecular flexibility index (Phi) is 2.96. The van der Waals surface area contributed by atoms with E-state index < -0.39 is 0 Å². The molecule has 0 radical (unpaired) electrons. The molecule has 0 saturated heterocycles. The monoisotopic (exact) mass is 246 g/mol. The lowest BCUT2D eigenvalue weighted by Gasteiger charge is -2.35. The van der Waals surface area contributed by atoms with Gasteiger partial charge >= 0.3 is 0 Å². The summed E-state index contributed by atoms with van der Waals surface area (Å²) in [5, 5.41) is 4.07. The van der Waals surface area contributed by atoms with Crippen molar-refractivity contribution in [3.8, 4) is 0 Å². The van der Waals surface area contributed by atoms with Crippen molar-refractivity contribution in [1.29, 1.82) is 0 Å². The molecule has 2 nitrogen and oxygen atoms in total. The van der Waals surface area contributed by atoms with Gasteiger partial charge in [0, 0.05) is 6.20 Å². The normalized spacial score (nSPS) is 18.1. The number of nitrogens with zero attached hydrogens (tertiary/aromatic N) is 1. The van der Waals surface area contributed by atoms with Gasteiger partial charge in [0.05, 0.1) is 11.2 Å². The van der Waals surface area contributed by atoms with Crippen LogP contribution in [0.4, 0.5) is 5.69 Å². The van der Waals surface area contributed by atoms with Crippen molar-refractivity contribution in [1.82, 2.24) is 5.32 Å². The van der Waals surface area contributed by atoms with Gasteiger partial charge in [-0.2, -0.15) is 0 Å². The minimum Gasteiger partial charge on any atom is -0.354 e. The van der Waals surface area contributed by atoms with Crippen LogP contribution < -0.4 is 10.2 Å². The van der Waals surface area contributed by atoms with Crippen LogP contribution in [0, 0.1) is 13.8 Å². The van der Waals surface area contributed by atoms with Gasteiger partial charge in [-0.05, 0) is 57.6 Å². The molecule has 0 spiro atoms. The van der Waals surface area contributed by atoms with Crippen LogP contribution in [0.5, 0.6) is 0 Å². The second-order valence-corrected chi connectivity index (χ2v) is 5.51. The maximum Gasteiger partial charge on any atom is 0.178 e. The predicted octanol–water partition coefficient (Wildman–Crippen LogP) is 3.29. The molecule has 1 heterocycles. The highest BCUT2D eigenvalue weighted by Gasteiger charge is 2.24. The van der Waals surface area contributed by atoms with Gasteiger partial charge in [0.1, 0.15) is 0 Å². The number of hydrogen-bond donors (Lipinski definition) is 1. The van der Waals surface area contributed by atoms with Gasteiger partial charge in [0.25, 0.3) is 0 Å². The quantitative estimate of drug-likeness (QED) is 0.765. The maximum atomic E-state index is 5.41. The fourth-order valence-corrected chi connectivity index (χ4v) is 2.39. The molecule has 1 aromatic carbocycles. The predicted molar refractivity (Wildman–Crippen MR) is 77.3 cm³/mol. The van der Waals surface area contributed by atoms with E-state index in [0.29, 0.717) is 0 Å². The fraction of sp³-hybridized carbons (Fsp3) is 0.357. The first-order valence-corrected chi connectivity index (χ1v) is 6.18. The Labute approximate surface area is 108 Å². The SMILES string of the molecule is Cc1ccc(N2C=CC(C)(C)NC2=S)c(C)c1. The molecule has 0 unspecified atom stereocenters. The molecule has 1 N–H and O–H groups in total. The minimum atomic E-state index is -0.0633. The third-order valence-corrected chi connectivity index (χ3v) is 3.20. The zero-order valence-electron chi connectivity index (χ0n) is 10.7. The average molecular weight is 246 g/mol. The van der Waals surface area contributed by atoms with E-state index in [0.717, 1.165) is 10.8 Å². The Bertz CT molecular complexity index is 489. The average Bonchev–Trinajstić information content (AvgIpc) is 2.18. The molecule has 0 aromatic heterocycles. The Morgan fingerprint density at radius 3 is 2.53 bits per heavy atom. The van der Waals surface area contributed by atoms with E-state index in [9.17, 15) is 0 Å². The fourth-order valence-electron chi connectivity index (χ4n) is 1.97. The molecule has 90 valence electrons. The van der Waals surface area contributed by atoms with Crippen LogP contribution in [-0.4, -0.2) is 10.7 Å². The molecule has 1 aliphatic heterocycles. The summed E-state index contributed by atoms with van der Waals surface area (Å²) in [5.41, 5.74) is 3.58. The molecule has 0 bridgehead atoms. The number of hydrogen-bond acceptors (Lipinski definition) is 1. The summed E-state index contributed by atoms with van der Waals surface area (Å²) in [6.07, 6.45) is 4.18. The van der Waals surface area contributed by atoms with Gasteiger partial charge in [-0.1, -0.05) is 17.7 Å². The van der Waals surface area contributed by atoms with Crippen LogP contribution in [0.1, 0.15) is 25.0 Å². The molecular weight excluding hydrogens is 228 g/mol. The van der Waals surface area contributed by atoms with Gasteiger partial charge < -0.3 is 5.32 Å². The van der Waals surface area contributed by atoms with Crippen molar-refractivity contribution in [2.75, 3.05) is 4.90 Å². The molecular formula is C14H18N2S. The van der Waals surface area contributed by atoms with E-state index in [2.05, 4.69) is 63.5 Å². The number of rotatable bonds is 1. The standard InChI is InChI=1S/C14H18N2S/c1-10-5-6-12(11(2)9-10)16-8-7-14(3,4)15-13(16)17/h5-9H,1-4H3,(H,15,17). The summed E-state index contributed by atoms with van der Waals surface area (Å²) >= 11 is 5.41. The second-order valence-electron chi connectivity index (χ2n) is 5.13. The number of thiocarbonyl (C=S) groups is 1. The lowest BCUT2D eigenvalue weighted by molar-refractivity contribution is 0.566. The van der Waals surface area contributed by atoms with E-state index in [4.69, 9.17) is 12.2 Å². The van der Waals surface area contributed by atoms with Gasteiger partial charge in [-0.15, -0.1) is 0 Å². The third kappa shape index (κ3) is 2.50. The molecule has 0 atom stereocenters. The molecule has 3 heteroatoms.